The number of likely N-dealkylation sites (tertiary alicyclic amines) is 1. The molecule has 0 spiro atoms. The van der Waals surface area contributed by atoms with Gasteiger partial charge in [0.15, 0.2) is 0 Å². The summed E-state index contributed by atoms with van der Waals surface area (Å²) in [6, 6.07) is 17.0. The minimum Gasteiger partial charge on any atom is -0.457 e. The quantitative estimate of drug-likeness (QED) is 0.787. The average molecular weight is 352 g/mol. The van der Waals surface area contributed by atoms with Crippen molar-refractivity contribution in [3.05, 3.63) is 59.7 Å². The van der Waals surface area contributed by atoms with Gasteiger partial charge in [-0.3, -0.25) is 9.80 Å². The van der Waals surface area contributed by atoms with Crippen molar-refractivity contribution in [3.8, 4) is 11.5 Å². The lowest BCUT2D eigenvalue weighted by atomic mass is 10.2. The Hall–Kier alpha value is -1.88. The van der Waals surface area contributed by atoms with Gasteiger partial charge in [0.05, 0.1) is 13.2 Å². The molecular formula is C22H28N2O2. The first-order valence-electron chi connectivity index (χ1n) is 9.73. The summed E-state index contributed by atoms with van der Waals surface area (Å²) in [5.74, 6) is 1.81. The Morgan fingerprint density at radius 3 is 2.19 bits per heavy atom. The molecule has 2 aromatic rings. The molecule has 0 radical (unpaired) electrons. The van der Waals surface area contributed by atoms with E-state index in [1.807, 2.05) is 6.07 Å². The Kier molecular flexibility index (Phi) is 5.85. The standard InChI is InChI=1S/C22H28N2O2/c1-2-11-23(10-1)17-19-6-8-21(9-7-19)26-22-5-3-4-20(16-22)18-24-12-14-25-15-13-24/h3-9,16H,1-2,10-15,17-18H2. The largest absolute Gasteiger partial charge is 0.457 e. The second kappa shape index (κ2) is 8.67. The molecule has 0 saturated carbocycles. The number of benzene rings is 2. The van der Waals surface area contributed by atoms with Crippen LogP contribution in [0.15, 0.2) is 48.5 Å². The molecule has 0 atom stereocenters. The van der Waals surface area contributed by atoms with Gasteiger partial charge in [0, 0.05) is 26.2 Å². The molecule has 4 rings (SSSR count). The topological polar surface area (TPSA) is 24.9 Å². The Labute approximate surface area is 156 Å². The minimum atomic E-state index is 0.833. The molecule has 2 aliphatic heterocycles. The van der Waals surface area contributed by atoms with Crippen molar-refractivity contribution in [2.75, 3.05) is 39.4 Å². The van der Waals surface area contributed by atoms with E-state index in [-0.39, 0.29) is 0 Å². The van der Waals surface area contributed by atoms with Gasteiger partial charge in [-0.15, -0.1) is 0 Å². The highest BCUT2D eigenvalue weighted by molar-refractivity contribution is 5.35. The van der Waals surface area contributed by atoms with Crippen molar-refractivity contribution in [1.82, 2.24) is 9.80 Å². The van der Waals surface area contributed by atoms with Gasteiger partial charge in [0.1, 0.15) is 11.5 Å². The zero-order valence-electron chi connectivity index (χ0n) is 15.4. The maximum absolute atomic E-state index is 6.08. The Bertz CT molecular complexity index is 690. The number of morpholine rings is 1. The highest BCUT2D eigenvalue weighted by atomic mass is 16.5. The molecule has 2 heterocycles. The van der Waals surface area contributed by atoms with Gasteiger partial charge >= 0.3 is 0 Å². The van der Waals surface area contributed by atoms with E-state index in [0.717, 1.165) is 50.9 Å². The molecule has 26 heavy (non-hydrogen) atoms. The Balaban J connectivity index is 1.35. The Morgan fingerprint density at radius 2 is 1.42 bits per heavy atom. The number of rotatable bonds is 6. The number of hydrogen-bond acceptors (Lipinski definition) is 4. The first-order chi connectivity index (χ1) is 12.8. The number of nitrogens with zero attached hydrogens (tertiary/aromatic N) is 2. The van der Waals surface area contributed by atoms with Gasteiger partial charge in [0.2, 0.25) is 0 Å². The fourth-order valence-electron chi connectivity index (χ4n) is 3.72. The van der Waals surface area contributed by atoms with E-state index in [2.05, 4.69) is 52.3 Å². The van der Waals surface area contributed by atoms with Gasteiger partial charge in [-0.2, -0.15) is 0 Å². The second-order valence-electron chi connectivity index (χ2n) is 7.27. The first kappa shape index (κ1) is 17.5. The van der Waals surface area contributed by atoms with E-state index >= 15 is 0 Å². The minimum absolute atomic E-state index is 0.833. The van der Waals surface area contributed by atoms with Crippen LogP contribution in [0.4, 0.5) is 0 Å². The maximum atomic E-state index is 6.08. The summed E-state index contributed by atoms with van der Waals surface area (Å²) in [7, 11) is 0. The smallest absolute Gasteiger partial charge is 0.127 e. The van der Waals surface area contributed by atoms with Gasteiger partial charge < -0.3 is 9.47 Å². The van der Waals surface area contributed by atoms with Crippen molar-refractivity contribution >= 4 is 0 Å². The third-order valence-electron chi connectivity index (χ3n) is 5.17. The molecule has 2 fully saturated rings. The summed E-state index contributed by atoms with van der Waals surface area (Å²) < 4.78 is 11.5. The molecule has 4 nitrogen and oxygen atoms in total. The van der Waals surface area contributed by atoms with E-state index in [4.69, 9.17) is 9.47 Å². The van der Waals surface area contributed by atoms with Crippen LogP contribution in [-0.4, -0.2) is 49.2 Å². The molecule has 0 aromatic heterocycles. The summed E-state index contributed by atoms with van der Waals surface area (Å²) in [6.45, 7) is 8.14. The van der Waals surface area contributed by atoms with E-state index in [9.17, 15) is 0 Å². The van der Waals surface area contributed by atoms with Crippen molar-refractivity contribution in [2.45, 2.75) is 25.9 Å². The molecule has 4 heteroatoms. The SMILES string of the molecule is c1cc(CN2CCOCC2)cc(Oc2ccc(CN3CCCC3)cc2)c1. The van der Waals surface area contributed by atoms with Gasteiger partial charge in [-0.25, -0.2) is 0 Å². The van der Waals surface area contributed by atoms with Crippen molar-refractivity contribution in [3.63, 3.8) is 0 Å². The average Bonchev–Trinajstić information content (AvgIpc) is 3.18. The fraction of sp³-hybridized carbons (Fsp3) is 0.455. The van der Waals surface area contributed by atoms with Crippen LogP contribution in [0.25, 0.3) is 0 Å². The summed E-state index contributed by atoms with van der Waals surface area (Å²) in [5.41, 5.74) is 2.65. The van der Waals surface area contributed by atoms with Crippen molar-refractivity contribution in [2.24, 2.45) is 0 Å². The summed E-state index contributed by atoms with van der Waals surface area (Å²) in [5, 5.41) is 0. The van der Waals surface area contributed by atoms with Gasteiger partial charge in [-0.05, 0) is 61.3 Å². The van der Waals surface area contributed by atoms with E-state index < -0.39 is 0 Å². The normalized spacial score (nSPS) is 18.9. The van der Waals surface area contributed by atoms with E-state index in [0.29, 0.717) is 0 Å². The second-order valence-corrected chi connectivity index (χ2v) is 7.27. The van der Waals surface area contributed by atoms with Crippen molar-refractivity contribution < 1.29 is 9.47 Å². The van der Waals surface area contributed by atoms with Crippen LogP contribution in [0.5, 0.6) is 11.5 Å². The molecule has 0 unspecified atom stereocenters. The lowest BCUT2D eigenvalue weighted by Gasteiger charge is -2.26. The maximum Gasteiger partial charge on any atom is 0.127 e. The van der Waals surface area contributed by atoms with E-state index in [1.165, 1.54) is 37.1 Å². The van der Waals surface area contributed by atoms with Crippen LogP contribution >= 0.6 is 0 Å². The highest BCUT2D eigenvalue weighted by Crippen LogP contribution is 2.24. The molecule has 0 bridgehead atoms. The molecule has 0 N–H and O–H groups in total. The zero-order valence-corrected chi connectivity index (χ0v) is 15.4. The number of hydrogen-bond donors (Lipinski definition) is 0. The molecular weight excluding hydrogens is 324 g/mol. The summed E-state index contributed by atoms with van der Waals surface area (Å²) >= 11 is 0. The molecule has 2 aromatic carbocycles. The molecule has 2 aliphatic rings. The third kappa shape index (κ3) is 4.85. The molecule has 0 aliphatic carbocycles. The summed E-state index contributed by atoms with van der Waals surface area (Å²) in [6.07, 6.45) is 2.67. The molecule has 2 saturated heterocycles. The molecule has 138 valence electrons. The van der Waals surface area contributed by atoms with Gasteiger partial charge in [0.25, 0.3) is 0 Å². The lowest BCUT2D eigenvalue weighted by molar-refractivity contribution is 0.0342. The predicted octanol–water partition coefficient (Wildman–Crippen LogP) is 3.91. The monoisotopic (exact) mass is 352 g/mol. The van der Waals surface area contributed by atoms with Crippen LogP contribution in [0.2, 0.25) is 0 Å². The van der Waals surface area contributed by atoms with Gasteiger partial charge in [-0.1, -0.05) is 24.3 Å². The van der Waals surface area contributed by atoms with Crippen LogP contribution in [0.3, 0.4) is 0 Å². The predicted molar refractivity (Wildman–Crippen MR) is 104 cm³/mol. The highest BCUT2D eigenvalue weighted by Gasteiger charge is 2.12. The van der Waals surface area contributed by atoms with Crippen molar-refractivity contribution in [1.29, 1.82) is 0 Å². The van der Waals surface area contributed by atoms with Crippen LogP contribution in [0.1, 0.15) is 24.0 Å². The van der Waals surface area contributed by atoms with Crippen LogP contribution in [0, 0.1) is 0 Å². The van der Waals surface area contributed by atoms with Crippen LogP contribution < -0.4 is 4.74 Å². The summed E-state index contributed by atoms with van der Waals surface area (Å²) in [4.78, 5) is 4.95. The number of ether oxygens (including phenoxy) is 2. The fourth-order valence-corrected chi connectivity index (χ4v) is 3.72. The third-order valence-corrected chi connectivity index (χ3v) is 5.17. The first-order valence-corrected chi connectivity index (χ1v) is 9.73. The molecule has 0 amide bonds. The zero-order chi connectivity index (χ0) is 17.6. The van der Waals surface area contributed by atoms with E-state index in [1.54, 1.807) is 0 Å². The lowest BCUT2D eigenvalue weighted by Crippen LogP contribution is -2.35. The Morgan fingerprint density at radius 1 is 0.731 bits per heavy atom. The van der Waals surface area contributed by atoms with Crippen LogP contribution in [-0.2, 0) is 17.8 Å².